The SMILES string of the molecule is C/C(F)=C\C=C(/C)c1ccc(C)cc1. The second-order valence-corrected chi connectivity index (χ2v) is 3.47. The molecule has 0 saturated heterocycles. The van der Waals surface area contributed by atoms with E-state index in [1.54, 1.807) is 6.08 Å². The molecule has 0 aliphatic carbocycles. The highest BCUT2D eigenvalue weighted by molar-refractivity contribution is 5.65. The van der Waals surface area contributed by atoms with Crippen LogP contribution in [0.3, 0.4) is 0 Å². The molecule has 1 heteroatoms. The van der Waals surface area contributed by atoms with Crippen LogP contribution >= 0.6 is 0 Å². The lowest BCUT2D eigenvalue weighted by Gasteiger charge is -2.00. The van der Waals surface area contributed by atoms with Crippen molar-refractivity contribution in [1.82, 2.24) is 0 Å². The van der Waals surface area contributed by atoms with Crippen LogP contribution in [0.1, 0.15) is 25.0 Å². The second-order valence-electron chi connectivity index (χ2n) is 3.47. The molecule has 1 aromatic carbocycles. The molecule has 0 unspecified atom stereocenters. The minimum Gasteiger partial charge on any atom is -0.212 e. The molecular weight excluding hydrogens is 175 g/mol. The van der Waals surface area contributed by atoms with E-state index in [0.717, 1.165) is 11.1 Å². The summed E-state index contributed by atoms with van der Waals surface area (Å²) >= 11 is 0. The van der Waals surface area contributed by atoms with E-state index in [0.29, 0.717) is 0 Å². The first-order valence-corrected chi connectivity index (χ1v) is 4.67. The highest BCUT2D eigenvalue weighted by atomic mass is 19.1. The Morgan fingerprint density at radius 3 is 2.14 bits per heavy atom. The molecule has 0 aromatic heterocycles. The summed E-state index contributed by atoms with van der Waals surface area (Å²) in [6.45, 7) is 5.47. The lowest BCUT2D eigenvalue weighted by atomic mass is 10.1. The first-order chi connectivity index (χ1) is 6.59. The number of hydrogen-bond donors (Lipinski definition) is 0. The summed E-state index contributed by atoms with van der Waals surface area (Å²) in [5.41, 5.74) is 3.44. The Bertz CT molecular complexity index is 351. The molecule has 0 N–H and O–H groups in total. The van der Waals surface area contributed by atoms with E-state index in [1.807, 2.05) is 19.1 Å². The Kier molecular flexibility index (Phi) is 3.63. The lowest BCUT2D eigenvalue weighted by molar-refractivity contribution is 0.641. The smallest absolute Gasteiger partial charge is 0.0968 e. The third-order valence-electron chi connectivity index (χ3n) is 2.07. The largest absolute Gasteiger partial charge is 0.212 e. The number of hydrogen-bond acceptors (Lipinski definition) is 0. The summed E-state index contributed by atoms with van der Waals surface area (Å²) in [6.07, 6.45) is 3.27. The Hall–Kier alpha value is -1.37. The number of rotatable bonds is 2. The van der Waals surface area contributed by atoms with Crippen LogP contribution in [0, 0.1) is 6.92 Å². The number of benzene rings is 1. The zero-order valence-corrected chi connectivity index (χ0v) is 8.84. The molecule has 0 fully saturated rings. The highest BCUT2D eigenvalue weighted by Gasteiger charge is 1.93. The van der Waals surface area contributed by atoms with Crippen LogP contribution in [0.2, 0.25) is 0 Å². The second kappa shape index (κ2) is 4.75. The third-order valence-corrected chi connectivity index (χ3v) is 2.07. The fraction of sp³-hybridized carbons (Fsp3) is 0.231. The molecule has 0 spiro atoms. The Balaban J connectivity index is 2.89. The van der Waals surface area contributed by atoms with Gasteiger partial charge in [0.05, 0.1) is 5.83 Å². The van der Waals surface area contributed by atoms with Gasteiger partial charge in [-0.1, -0.05) is 35.9 Å². The molecular formula is C13H15F. The van der Waals surface area contributed by atoms with Crippen molar-refractivity contribution >= 4 is 5.57 Å². The molecule has 0 nitrogen and oxygen atoms in total. The van der Waals surface area contributed by atoms with E-state index in [9.17, 15) is 4.39 Å². The van der Waals surface area contributed by atoms with Crippen molar-refractivity contribution in [2.24, 2.45) is 0 Å². The minimum absolute atomic E-state index is 0.170. The fourth-order valence-electron chi connectivity index (χ4n) is 1.15. The third kappa shape index (κ3) is 3.17. The summed E-state index contributed by atoms with van der Waals surface area (Å²) in [6, 6.07) is 8.20. The molecule has 0 aliphatic heterocycles. The zero-order chi connectivity index (χ0) is 10.6. The number of aryl methyl sites for hydroxylation is 1. The predicted molar refractivity (Wildman–Crippen MR) is 59.7 cm³/mol. The predicted octanol–water partition coefficient (Wildman–Crippen LogP) is 4.27. The highest BCUT2D eigenvalue weighted by Crippen LogP contribution is 2.14. The Labute approximate surface area is 84.8 Å². The molecule has 0 aliphatic rings. The molecule has 74 valence electrons. The molecule has 0 radical (unpaired) electrons. The lowest BCUT2D eigenvalue weighted by Crippen LogP contribution is -1.79. The van der Waals surface area contributed by atoms with Crippen LogP contribution in [-0.2, 0) is 0 Å². The van der Waals surface area contributed by atoms with Crippen molar-refractivity contribution in [2.75, 3.05) is 0 Å². The van der Waals surface area contributed by atoms with Crippen LogP contribution in [0.5, 0.6) is 0 Å². The normalized spacial score (nSPS) is 13.1. The van der Waals surface area contributed by atoms with E-state index in [4.69, 9.17) is 0 Å². The average molecular weight is 190 g/mol. The quantitative estimate of drug-likeness (QED) is 0.611. The summed E-state index contributed by atoms with van der Waals surface area (Å²) in [4.78, 5) is 0. The van der Waals surface area contributed by atoms with Crippen molar-refractivity contribution in [2.45, 2.75) is 20.8 Å². The molecule has 0 heterocycles. The molecule has 14 heavy (non-hydrogen) atoms. The number of halogens is 1. The van der Waals surface area contributed by atoms with Gasteiger partial charge < -0.3 is 0 Å². The Morgan fingerprint density at radius 2 is 1.64 bits per heavy atom. The summed E-state index contributed by atoms with van der Waals surface area (Å²) in [7, 11) is 0. The van der Waals surface area contributed by atoms with Gasteiger partial charge in [0.15, 0.2) is 0 Å². The summed E-state index contributed by atoms with van der Waals surface area (Å²) in [5.74, 6) is -0.170. The van der Waals surface area contributed by atoms with Gasteiger partial charge in [0.2, 0.25) is 0 Å². The number of allylic oxidation sites excluding steroid dienone is 4. The van der Waals surface area contributed by atoms with E-state index in [1.165, 1.54) is 18.6 Å². The van der Waals surface area contributed by atoms with Crippen molar-refractivity contribution in [3.05, 3.63) is 53.4 Å². The van der Waals surface area contributed by atoms with Crippen molar-refractivity contribution < 1.29 is 4.39 Å². The van der Waals surface area contributed by atoms with Crippen LogP contribution in [0.25, 0.3) is 5.57 Å². The standard InChI is InChI=1S/C13H15F/c1-10-4-8-13(9-5-10)11(2)6-7-12(3)14/h4-9H,1-3H3/b11-6+,12-7+. The van der Waals surface area contributed by atoms with Crippen molar-refractivity contribution in [3.8, 4) is 0 Å². The van der Waals surface area contributed by atoms with Gasteiger partial charge in [0.1, 0.15) is 0 Å². The zero-order valence-electron chi connectivity index (χ0n) is 8.84. The fourth-order valence-corrected chi connectivity index (χ4v) is 1.15. The van der Waals surface area contributed by atoms with E-state index < -0.39 is 0 Å². The van der Waals surface area contributed by atoms with Gasteiger partial charge in [-0.25, -0.2) is 4.39 Å². The maximum atomic E-state index is 12.5. The monoisotopic (exact) mass is 190 g/mol. The average Bonchev–Trinajstić information content (AvgIpc) is 2.15. The van der Waals surface area contributed by atoms with Crippen LogP contribution in [0.4, 0.5) is 4.39 Å². The minimum atomic E-state index is -0.170. The van der Waals surface area contributed by atoms with Crippen LogP contribution in [0.15, 0.2) is 42.2 Å². The molecule has 0 saturated carbocycles. The molecule has 1 aromatic rings. The van der Waals surface area contributed by atoms with Gasteiger partial charge in [-0.05, 0) is 38.0 Å². The van der Waals surface area contributed by atoms with Gasteiger partial charge in [0.25, 0.3) is 0 Å². The van der Waals surface area contributed by atoms with Crippen molar-refractivity contribution in [1.29, 1.82) is 0 Å². The molecule has 1 rings (SSSR count). The van der Waals surface area contributed by atoms with Crippen molar-refractivity contribution in [3.63, 3.8) is 0 Å². The van der Waals surface area contributed by atoms with E-state index in [2.05, 4.69) is 19.1 Å². The van der Waals surface area contributed by atoms with E-state index in [-0.39, 0.29) is 5.83 Å². The van der Waals surface area contributed by atoms with Gasteiger partial charge in [0, 0.05) is 0 Å². The van der Waals surface area contributed by atoms with Gasteiger partial charge >= 0.3 is 0 Å². The first kappa shape index (κ1) is 10.7. The van der Waals surface area contributed by atoms with E-state index >= 15 is 0 Å². The maximum absolute atomic E-state index is 12.5. The maximum Gasteiger partial charge on any atom is 0.0968 e. The molecule has 0 atom stereocenters. The van der Waals surface area contributed by atoms with Gasteiger partial charge in [-0.2, -0.15) is 0 Å². The van der Waals surface area contributed by atoms with Gasteiger partial charge in [-0.15, -0.1) is 0 Å². The summed E-state index contributed by atoms with van der Waals surface area (Å²) in [5, 5.41) is 0. The Morgan fingerprint density at radius 1 is 1.07 bits per heavy atom. The van der Waals surface area contributed by atoms with Crippen LogP contribution < -0.4 is 0 Å². The first-order valence-electron chi connectivity index (χ1n) is 4.67. The van der Waals surface area contributed by atoms with Gasteiger partial charge in [-0.3, -0.25) is 0 Å². The van der Waals surface area contributed by atoms with Crippen LogP contribution in [-0.4, -0.2) is 0 Å². The molecule has 0 amide bonds. The molecule has 0 bridgehead atoms. The topological polar surface area (TPSA) is 0 Å². The summed E-state index contributed by atoms with van der Waals surface area (Å²) < 4.78 is 12.5.